The average molecular weight is 293 g/mol. The Morgan fingerprint density at radius 1 is 1.38 bits per heavy atom. The molecule has 1 aromatic carbocycles. The van der Waals surface area contributed by atoms with E-state index < -0.39 is 18.2 Å². The molecule has 0 radical (unpaired) electrons. The van der Waals surface area contributed by atoms with Crippen LogP contribution in [0.2, 0.25) is 0 Å². The normalized spacial score (nSPS) is 24.5. The van der Waals surface area contributed by atoms with E-state index in [1.165, 1.54) is 0 Å². The molecular weight excluding hydrogens is 274 g/mol. The van der Waals surface area contributed by atoms with E-state index >= 15 is 0 Å². The van der Waals surface area contributed by atoms with Crippen LogP contribution in [-0.2, 0) is 20.9 Å². The van der Waals surface area contributed by atoms with Gasteiger partial charge >= 0.3 is 12.1 Å². The third-order valence-corrected chi connectivity index (χ3v) is 3.42. The van der Waals surface area contributed by atoms with Crippen molar-refractivity contribution in [2.75, 3.05) is 6.54 Å². The van der Waals surface area contributed by atoms with Gasteiger partial charge in [-0.2, -0.15) is 0 Å². The van der Waals surface area contributed by atoms with Crippen LogP contribution >= 0.6 is 0 Å². The van der Waals surface area contributed by atoms with Crippen molar-refractivity contribution in [3.05, 3.63) is 35.9 Å². The van der Waals surface area contributed by atoms with Crippen LogP contribution in [0.25, 0.3) is 0 Å². The highest BCUT2D eigenvalue weighted by Crippen LogP contribution is 2.25. The van der Waals surface area contributed by atoms with Crippen LogP contribution in [0, 0.1) is 5.92 Å². The summed E-state index contributed by atoms with van der Waals surface area (Å²) in [7, 11) is 0. The first-order chi connectivity index (χ1) is 10.1. The standard InChI is InChI=1S/C15H19NO5/c1-10-7-12(21-13(10)14(17)18)8-16-15(19)20-9-11-5-3-2-4-6-11/h2-6,10,12-13H,7-9H2,1H3,(H,16,19)(H,17,18)/t10-,12+,13+/m1/s1. The molecule has 1 aromatic rings. The highest BCUT2D eigenvalue weighted by atomic mass is 16.6. The summed E-state index contributed by atoms with van der Waals surface area (Å²) >= 11 is 0. The lowest BCUT2D eigenvalue weighted by Crippen LogP contribution is -2.33. The Kier molecular flexibility index (Phi) is 5.16. The Hall–Kier alpha value is -2.08. The minimum absolute atomic E-state index is 0.0605. The summed E-state index contributed by atoms with van der Waals surface area (Å²) < 4.78 is 10.4. The number of rotatable bonds is 5. The van der Waals surface area contributed by atoms with Crippen molar-refractivity contribution in [1.82, 2.24) is 5.32 Å². The van der Waals surface area contributed by atoms with Crippen LogP contribution in [0.1, 0.15) is 18.9 Å². The Bertz CT molecular complexity index is 490. The minimum atomic E-state index is -0.961. The number of carbonyl (C=O) groups excluding carboxylic acids is 1. The summed E-state index contributed by atoms with van der Waals surface area (Å²) in [5.41, 5.74) is 0.907. The highest BCUT2D eigenvalue weighted by Gasteiger charge is 2.37. The van der Waals surface area contributed by atoms with E-state index in [0.29, 0.717) is 6.42 Å². The van der Waals surface area contributed by atoms with E-state index in [1.54, 1.807) is 0 Å². The molecule has 6 heteroatoms. The quantitative estimate of drug-likeness (QED) is 0.864. The monoisotopic (exact) mass is 293 g/mol. The van der Waals surface area contributed by atoms with Gasteiger partial charge in [0.25, 0.3) is 0 Å². The van der Waals surface area contributed by atoms with Gasteiger partial charge in [-0.25, -0.2) is 9.59 Å². The second-order valence-electron chi connectivity index (χ2n) is 5.17. The Labute approximate surface area is 123 Å². The molecular formula is C15H19NO5. The number of hydrogen-bond acceptors (Lipinski definition) is 4. The zero-order valence-corrected chi connectivity index (χ0v) is 11.8. The molecule has 0 saturated carbocycles. The molecule has 3 atom stereocenters. The molecule has 1 amide bonds. The molecule has 0 aliphatic carbocycles. The van der Waals surface area contributed by atoms with Gasteiger partial charge in [-0.1, -0.05) is 37.3 Å². The lowest BCUT2D eigenvalue weighted by Gasteiger charge is -2.12. The van der Waals surface area contributed by atoms with Gasteiger partial charge in [0.2, 0.25) is 0 Å². The van der Waals surface area contributed by atoms with Gasteiger partial charge in [-0.3, -0.25) is 0 Å². The third-order valence-electron chi connectivity index (χ3n) is 3.42. The summed E-state index contributed by atoms with van der Waals surface area (Å²) in [5, 5.41) is 11.5. The molecule has 0 unspecified atom stereocenters. The molecule has 1 fully saturated rings. The van der Waals surface area contributed by atoms with E-state index in [9.17, 15) is 9.59 Å². The highest BCUT2D eigenvalue weighted by molar-refractivity contribution is 5.73. The summed E-state index contributed by atoms with van der Waals surface area (Å²) in [5.74, 6) is -1.02. The van der Waals surface area contributed by atoms with Crippen molar-refractivity contribution in [2.24, 2.45) is 5.92 Å². The number of aliphatic carboxylic acids is 1. The molecule has 6 nitrogen and oxygen atoms in total. The second kappa shape index (κ2) is 7.08. The van der Waals surface area contributed by atoms with Crippen molar-refractivity contribution in [1.29, 1.82) is 0 Å². The molecule has 0 bridgehead atoms. The molecule has 2 N–H and O–H groups in total. The molecule has 1 heterocycles. The first-order valence-corrected chi connectivity index (χ1v) is 6.89. The van der Waals surface area contributed by atoms with E-state index in [2.05, 4.69) is 5.32 Å². The predicted octanol–water partition coefficient (Wildman–Crippen LogP) is 1.79. The fourth-order valence-corrected chi connectivity index (χ4v) is 2.34. The van der Waals surface area contributed by atoms with Crippen LogP contribution in [0.3, 0.4) is 0 Å². The number of carboxylic acid groups (broad SMARTS) is 1. The summed E-state index contributed by atoms with van der Waals surface area (Å²) in [6, 6.07) is 9.37. The van der Waals surface area contributed by atoms with Crippen molar-refractivity contribution >= 4 is 12.1 Å². The van der Waals surface area contributed by atoms with Gasteiger partial charge < -0.3 is 19.9 Å². The number of benzene rings is 1. The van der Waals surface area contributed by atoms with Gasteiger partial charge in [-0.15, -0.1) is 0 Å². The van der Waals surface area contributed by atoms with Crippen molar-refractivity contribution in [2.45, 2.75) is 32.2 Å². The lowest BCUT2D eigenvalue weighted by atomic mass is 10.0. The molecule has 114 valence electrons. The van der Waals surface area contributed by atoms with E-state index in [1.807, 2.05) is 37.3 Å². The number of carbonyl (C=O) groups is 2. The van der Waals surface area contributed by atoms with Gasteiger partial charge in [0.15, 0.2) is 6.10 Å². The average Bonchev–Trinajstić information content (AvgIpc) is 2.85. The van der Waals surface area contributed by atoms with Crippen LogP contribution in [0.15, 0.2) is 30.3 Å². The van der Waals surface area contributed by atoms with Gasteiger partial charge in [0, 0.05) is 6.54 Å². The Morgan fingerprint density at radius 3 is 2.71 bits per heavy atom. The van der Waals surface area contributed by atoms with E-state index in [0.717, 1.165) is 5.56 Å². The molecule has 0 aromatic heterocycles. The molecule has 1 aliphatic heterocycles. The van der Waals surface area contributed by atoms with Gasteiger partial charge in [0.05, 0.1) is 6.10 Å². The van der Waals surface area contributed by atoms with Crippen LogP contribution in [0.4, 0.5) is 4.79 Å². The van der Waals surface area contributed by atoms with Crippen molar-refractivity contribution in [3.63, 3.8) is 0 Å². The SMILES string of the molecule is C[C@@H]1C[C@@H](CNC(=O)OCc2ccccc2)O[C@@H]1C(=O)O. The number of nitrogens with one attached hydrogen (secondary N) is 1. The zero-order chi connectivity index (χ0) is 15.2. The minimum Gasteiger partial charge on any atom is -0.479 e. The maximum atomic E-state index is 11.6. The molecule has 1 aliphatic rings. The third kappa shape index (κ3) is 4.46. The number of carboxylic acids is 1. The van der Waals surface area contributed by atoms with Crippen LogP contribution < -0.4 is 5.32 Å². The summed E-state index contributed by atoms with van der Waals surface area (Å²) in [4.78, 5) is 22.5. The number of hydrogen-bond donors (Lipinski definition) is 2. The summed E-state index contributed by atoms with van der Waals surface area (Å²) in [6.45, 7) is 2.28. The van der Waals surface area contributed by atoms with Crippen LogP contribution in [0.5, 0.6) is 0 Å². The molecule has 21 heavy (non-hydrogen) atoms. The topological polar surface area (TPSA) is 84.9 Å². The second-order valence-corrected chi connectivity index (χ2v) is 5.17. The Balaban J connectivity index is 1.69. The molecule has 2 rings (SSSR count). The zero-order valence-electron chi connectivity index (χ0n) is 11.8. The van der Waals surface area contributed by atoms with Gasteiger partial charge in [-0.05, 0) is 17.9 Å². The van der Waals surface area contributed by atoms with Crippen molar-refractivity contribution in [3.8, 4) is 0 Å². The lowest BCUT2D eigenvalue weighted by molar-refractivity contribution is -0.150. The predicted molar refractivity (Wildman–Crippen MR) is 74.7 cm³/mol. The van der Waals surface area contributed by atoms with E-state index in [4.69, 9.17) is 14.6 Å². The number of alkyl carbamates (subject to hydrolysis) is 1. The first-order valence-electron chi connectivity index (χ1n) is 6.89. The Morgan fingerprint density at radius 2 is 2.10 bits per heavy atom. The van der Waals surface area contributed by atoms with Crippen LogP contribution in [-0.4, -0.2) is 35.9 Å². The maximum Gasteiger partial charge on any atom is 0.407 e. The fraction of sp³-hybridized carbons (Fsp3) is 0.467. The fourth-order valence-electron chi connectivity index (χ4n) is 2.34. The first kappa shape index (κ1) is 15.3. The summed E-state index contributed by atoms with van der Waals surface area (Å²) in [6.07, 6.45) is -1.01. The maximum absolute atomic E-state index is 11.6. The van der Waals surface area contributed by atoms with Gasteiger partial charge in [0.1, 0.15) is 6.61 Å². The smallest absolute Gasteiger partial charge is 0.407 e. The number of ether oxygens (including phenoxy) is 2. The number of amides is 1. The molecule has 1 saturated heterocycles. The molecule has 0 spiro atoms. The van der Waals surface area contributed by atoms with E-state index in [-0.39, 0.29) is 25.2 Å². The largest absolute Gasteiger partial charge is 0.479 e. The van der Waals surface area contributed by atoms with Crippen molar-refractivity contribution < 1.29 is 24.2 Å².